The molecule has 2 aromatic carbocycles. The first-order valence-corrected chi connectivity index (χ1v) is 6.69. The summed E-state index contributed by atoms with van der Waals surface area (Å²) in [6, 6.07) is 12.7. The molecule has 0 saturated heterocycles. The predicted molar refractivity (Wildman–Crippen MR) is 78.9 cm³/mol. The second-order valence-electron chi connectivity index (χ2n) is 4.90. The van der Waals surface area contributed by atoms with Gasteiger partial charge in [0, 0.05) is 31.4 Å². The van der Waals surface area contributed by atoms with Crippen molar-refractivity contribution in [1.82, 2.24) is 0 Å². The second-order valence-corrected chi connectivity index (χ2v) is 4.90. The van der Waals surface area contributed by atoms with Crippen LogP contribution in [0, 0.1) is 5.82 Å². The molecule has 0 atom stereocenters. The summed E-state index contributed by atoms with van der Waals surface area (Å²) >= 11 is 0. The van der Waals surface area contributed by atoms with Gasteiger partial charge in [0.1, 0.15) is 18.2 Å². The van der Waals surface area contributed by atoms with E-state index in [1.807, 2.05) is 36.2 Å². The molecule has 20 heavy (non-hydrogen) atoms. The van der Waals surface area contributed by atoms with Crippen LogP contribution < -0.4 is 15.0 Å². The first-order chi connectivity index (χ1) is 9.74. The van der Waals surface area contributed by atoms with Crippen molar-refractivity contribution in [2.75, 3.05) is 30.4 Å². The lowest BCUT2D eigenvalue weighted by Gasteiger charge is -2.25. The van der Waals surface area contributed by atoms with Crippen molar-refractivity contribution in [2.24, 2.45) is 0 Å². The molecule has 104 valence electrons. The van der Waals surface area contributed by atoms with Gasteiger partial charge in [-0.05, 0) is 24.3 Å². The van der Waals surface area contributed by atoms with Crippen LogP contribution in [0.4, 0.5) is 15.8 Å². The van der Waals surface area contributed by atoms with E-state index in [1.165, 1.54) is 12.1 Å². The lowest BCUT2D eigenvalue weighted by atomic mass is 10.1. The van der Waals surface area contributed by atoms with Crippen molar-refractivity contribution >= 4 is 11.4 Å². The second kappa shape index (κ2) is 5.41. The Labute approximate surface area is 118 Å². The maximum Gasteiger partial charge on any atom is 0.147 e. The monoisotopic (exact) mass is 272 g/mol. The molecule has 0 fully saturated rings. The lowest BCUT2D eigenvalue weighted by Crippen LogP contribution is -2.22. The minimum Gasteiger partial charge on any atom is -0.489 e. The van der Waals surface area contributed by atoms with E-state index in [1.54, 1.807) is 6.07 Å². The Bertz CT molecular complexity index is 615. The van der Waals surface area contributed by atoms with E-state index >= 15 is 0 Å². The van der Waals surface area contributed by atoms with Crippen LogP contribution in [0.5, 0.6) is 5.75 Å². The zero-order chi connectivity index (χ0) is 13.9. The molecule has 3 nitrogen and oxygen atoms in total. The highest BCUT2D eigenvalue weighted by Crippen LogP contribution is 2.32. The van der Waals surface area contributed by atoms with Crippen LogP contribution in [0.1, 0.15) is 5.56 Å². The Morgan fingerprint density at radius 2 is 2.10 bits per heavy atom. The van der Waals surface area contributed by atoms with Crippen molar-refractivity contribution in [1.29, 1.82) is 0 Å². The molecule has 3 rings (SSSR count). The van der Waals surface area contributed by atoms with E-state index in [0.29, 0.717) is 13.2 Å². The van der Waals surface area contributed by atoms with Gasteiger partial charge < -0.3 is 15.0 Å². The predicted octanol–water partition coefficient (Wildman–Crippen LogP) is 3.27. The lowest BCUT2D eigenvalue weighted by molar-refractivity contribution is 0.319. The summed E-state index contributed by atoms with van der Waals surface area (Å²) in [5.41, 5.74) is 2.98. The van der Waals surface area contributed by atoms with Gasteiger partial charge in [-0.1, -0.05) is 18.2 Å². The Hall–Kier alpha value is -2.23. The van der Waals surface area contributed by atoms with Crippen LogP contribution in [-0.2, 0) is 6.54 Å². The third-order valence-electron chi connectivity index (χ3n) is 3.42. The molecular formula is C16H17FN2O. The summed E-state index contributed by atoms with van der Waals surface area (Å²) in [5, 5.41) is 3.32. The first-order valence-electron chi connectivity index (χ1n) is 6.69. The standard InChI is InChI=1S/C16H17FN2O/c1-19(14-6-3-5-13(17)10-14)11-12-4-2-7-15-16(12)20-9-8-18-15/h2-7,10,18H,8-9,11H2,1H3. The topological polar surface area (TPSA) is 24.5 Å². The van der Waals surface area contributed by atoms with Gasteiger partial charge in [0.25, 0.3) is 0 Å². The molecular weight excluding hydrogens is 255 g/mol. The van der Waals surface area contributed by atoms with Crippen LogP contribution >= 0.6 is 0 Å². The largest absolute Gasteiger partial charge is 0.489 e. The molecule has 0 aliphatic carbocycles. The highest BCUT2D eigenvalue weighted by molar-refractivity contribution is 5.62. The zero-order valence-electron chi connectivity index (χ0n) is 11.4. The third-order valence-corrected chi connectivity index (χ3v) is 3.42. The van der Waals surface area contributed by atoms with Crippen LogP contribution in [0.25, 0.3) is 0 Å². The molecule has 0 aromatic heterocycles. The Balaban J connectivity index is 1.84. The van der Waals surface area contributed by atoms with E-state index in [9.17, 15) is 4.39 Å². The SMILES string of the molecule is CN(Cc1cccc2c1OCCN2)c1cccc(F)c1. The van der Waals surface area contributed by atoms with E-state index < -0.39 is 0 Å². The molecule has 2 aromatic rings. The molecule has 0 radical (unpaired) electrons. The maximum atomic E-state index is 13.3. The fourth-order valence-electron chi connectivity index (χ4n) is 2.42. The minimum absolute atomic E-state index is 0.220. The van der Waals surface area contributed by atoms with E-state index in [4.69, 9.17) is 4.74 Å². The summed E-state index contributed by atoms with van der Waals surface area (Å²) < 4.78 is 19.0. The number of para-hydroxylation sites is 1. The number of ether oxygens (including phenoxy) is 1. The smallest absolute Gasteiger partial charge is 0.147 e. The van der Waals surface area contributed by atoms with Crippen LogP contribution in [0.2, 0.25) is 0 Å². The molecule has 1 aliphatic heterocycles. The number of benzene rings is 2. The molecule has 1 heterocycles. The van der Waals surface area contributed by atoms with Crippen molar-refractivity contribution in [3.63, 3.8) is 0 Å². The quantitative estimate of drug-likeness (QED) is 0.928. The number of hydrogen-bond acceptors (Lipinski definition) is 3. The molecule has 0 spiro atoms. The summed E-state index contributed by atoms with van der Waals surface area (Å²) in [5.74, 6) is 0.685. The van der Waals surface area contributed by atoms with E-state index in [-0.39, 0.29) is 5.82 Å². The fraction of sp³-hybridized carbons (Fsp3) is 0.250. The maximum absolute atomic E-state index is 13.3. The van der Waals surface area contributed by atoms with Gasteiger partial charge in [-0.3, -0.25) is 0 Å². The number of halogens is 1. The van der Waals surface area contributed by atoms with Gasteiger partial charge in [0.2, 0.25) is 0 Å². The van der Waals surface area contributed by atoms with Gasteiger partial charge in [0.15, 0.2) is 0 Å². The van der Waals surface area contributed by atoms with Gasteiger partial charge in [-0.15, -0.1) is 0 Å². The number of anilines is 2. The number of rotatable bonds is 3. The van der Waals surface area contributed by atoms with Gasteiger partial charge >= 0.3 is 0 Å². The average molecular weight is 272 g/mol. The molecule has 0 bridgehead atoms. The number of nitrogens with one attached hydrogen (secondary N) is 1. The summed E-state index contributed by atoms with van der Waals surface area (Å²) in [7, 11) is 1.95. The summed E-state index contributed by atoms with van der Waals surface area (Å²) in [6.07, 6.45) is 0. The zero-order valence-corrected chi connectivity index (χ0v) is 11.4. The Kier molecular flexibility index (Phi) is 3.46. The molecule has 0 saturated carbocycles. The number of nitrogens with zero attached hydrogens (tertiary/aromatic N) is 1. The fourth-order valence-corrected chi connectivity index (χ4v) is 2.42. The molecule has 1 N–H and O–H groups in total. The summed E-state index contributed by atoms with van der Waals surface area (Å²) in [4.78, 5) is 2.01. The van der Waals surface area contributed by atoms with Crippen LogP contribution in [-0.4, -0.2) is 20.2 Å². The highest BCUT2D eigenvalue weighted by atomic mass is 19.1. The van der Waals surface area contributed by atoms with Gasteiger partial charge in [0.05, 0.1) is 5.69 Å². The molecule has 0 amide bonds. The number of hydrogen-bond donors (Lipinski definition) is 1. The molecule has 4 heteroatoms. The third kappa shape index (κ3) is 2.54. The van der Waals surface area contributed by atoms with Crippen molar-refractivity contribution in [3.8, 4) is 5.75 Å². The van der Waals surface area contributed by atoms with Crippen LogP contribution in [0.15, 0.2) is 42.5 Å². The Morgan fingerprint density at radius 3 is 2.95 bits per heavy atom. The van der Waals surface area contributed by atoms with Gasteiger partial charge in [-0.2, -0.15) is 0 Å². The highest BCUT2D eigenvalue weighted by Gasteiger charge is 2.15. The average Bonchev–Trinajstić information content (AvgIpc) is 2.47. The van der Waals surface area contributed by atoms with Crippen LogP contribution in [0.3, 0.4) is 0 Å². The molecule has 0 unspecified atom stereocenters. The van der Waals surface area contributed by atoms with E-state index in [0.717, 1.165) is 29.2 Å². The number of fused-ring (bicyclic) bond motifs is 1. The first kappa shape index (κ1) is 12.8. The van der Waals surface area contributed by atoms with Crippen molar-refractivity contribution in [2.45, 2.75) is 6.54 Å². The van der Waals surface area contributed by atoms with Crippen molar-refractivity contribution < 1.29 is 9.13 Å². The van der Waals surface area contributed by atoms with Crippen molar-refractivity contribution in [3.05, 3.63) is 53.8 Å². The normalized spacial score (nSPS) is 13.1. The van der Waals surface area contributed by atoms with Gasteiger partial charge in [-0.25, -0.2) is 4.39 Å². The minimum atomic E-state index is -0.220. The Morgan fingerprint density at radius 1 is 1.25 bits per heavy atom. The summed E-state index contributed by atoms with van der Waals surface area (Å²) in [6.45, 7) is 2.18. The molecule has 1 aliphatic rings. The van der Waals surface area contributed by atoms with E-state index in [2.05, 4.69) is 5.32 Å².